The Morgan fingerprint density at radius 3 is 2.12 bits per heavy atom. The lowest BCUT2D eigenvalue weighted by Gasteiger charge is -2.18. The summed E-state index contributed by atoms with van der Waals surface area (Å²) in [5.41, 5.74) is 0. The van der Waals surface area contributed by atoms with Crippen LogP contribution in [0.15, 0.2) is 0 Å². The molecule has 0 aliphatic rings. The number of hydrogen-bond donors (Lipinski definition) is 2. The minimum atomic E-state index is -3.66. The number of rotatable bonds is 7. The van der Waals surface area contributed by atoms with Crippen LogP contribution in [0.3, 0.4) is 0 Å². The van der Waals surface area contributed by atoms with Crippen molar-refractivity contribution in [2.24, 2.45) is 0 Å². The van der Waals surface area contributed by atoms with Gasteiger partial charge in [0, 0.05) is 13.1 Å². The highest BCUT2D eigenvalue weighted by Crippen LogP contribution is 2.00. The van der Waals surface area contributed by atoms with Crippen LogP contribution in [0.2, 0.25) is 0 Å². The third-order valence-corrected chi connectivity index (χ3v) is 4.09. The molecule has 0 aromatic heterocycles. The molecule has 0 aromatic carbocycles. The van der Waals surface area contributed by atoms with Crippen molar-refractivity contribution in [1.82, 2.24) is 9.62 Å². The van der Waals surface area contributed by atoms with Crippen LogP contribution in [0.1, 0.15) is 20.8 Å². The maximum absolute atomic E-state index is 11.7. The number of nitrogens with one attached hydrogen (secondary N) is 1. The second kappa shape index (κ2) is 6.55. The molecule has 7 nitrogen and oxygen atoms in total. The smallest absolute Gasteiger partial charge is 0.325 e. The average Bonchev–Trinajstić information content (AvgIpc) is 2.17. The Morgan fingerprint density at radius 2 is 1.76 bits per heavy atom. The molecule has 2 N–H and O–H groups in total. The molecule has 0 heterocycles. The van der Waals surface area contributed by atoms with E-state index in [1.807, 2.05) is 0 Å². The van der Waals surface area contributed by atoms with Crippen molar-refractivity contribution >= 4 is 21.9 Å². The summed E-state index contributed by atoms with van der Waals surface area (Å²) in [6.07, 6.45) is 0. The Labute approximate surface area is 101 Å². The fourth-order valence-electron chi connectivity index (χ4n) is 1.22. The number of carboxylic acids is 1. The first-order chi connectivity index (χ1) is 7.74. The zero-order valence-corrected chi connectivity index (χ0v) is 11.0. The second-order valence-electron chi connectivity index (χ2n) is 3.47. The number of sulfonamides is 1. The number of aliphatic carboxylic acids is 1. The number of carbonyl (C=O) groups excluding carboxylic acids is 1. The van der Waals surface area contributed by atoms with Crippen molar-refractivity contribution < 1.29 is 23.1 Å². The first-order valence-corrected chi connectivity index (χ1v) is 6.85. The molecule has 0 aromatic rings. The molecule has 1 amide bonds. The van der Waals surface area contributed by atoms with E-state index in [-0.39, 0.29) is 13.1 Å². The van der Waals surface area contributed by atoms with Crippen LogP contribution in [0.4, 0.5) is 0 Å². The molecule has 0 radical (unpaired) electrons. The van der Waals surface area contributed by atoms with Gasteiger partial charge in [-0.05, 0) is 6.92 Å². The normalized spacial score (nSPS) is 13.4. The van der Waals surface area contributed by atoms with E-state index in [9.17, 15) is 18.0 Å². The van der Waals surface area contributed by atoms with Crippen LogP contribution < -0.4 is 5.32 Å². The molecule has 0 unspecified atom stereocenters. The van der Waals surface area contributed by atoms with Gasteiger partial charge in [0.2, 0.25) is 15.9 Å². The van der Waals surface area contributed by atoms with Gasteiger partial charge in [-0.15, -0.1) is 0 Å². The molecule has 0 aliphatic heterocycles. The summed E-state index contributed by atoms with van der Waals surface area (Å²) < 4.78 is 24.5. The quantitative estimate of drug-likeness (QED) is 0.631. The molecule has 0 aliphatic carbocycles. The lowest BCUT2D eigenvalue weighted by atomic mass is 10.3. The summed E-state index contributed by atoms with van der Waals surface area (Å²) >= 11 is 0. The third kappa shape index (κ3) is 5.14. The first kappa shape index (κ1) is 15.9. The Bertz CT molecular complexity index is 375. The van der Waals surface area contributed by atoms with Gasteiger partial charge in [0.15, 0.2) is 0 Å². The highest BCUT2D eigenvalue weighted by molar-refractivity contribution is 7.89. The van der Waals surface area contributed by atoms with Gasteiger partial charge in [-0.1, -0.05) is 13.8 Å². The topological polar surface area (TPSA) is 104 Å². The number of hydrogen-bond acceptors (Lipinski definition) is 4. The van der Waals surface area contributed by atoms with E-state index in [2.05, 4.69) is 5.32 Å². The minimum absolute atomic E-state index is 0.278. The molecular formula is C9H18N2O5S. The van der Waals surface area contributed by atoms with Gasteiger partial charge in [0.1, 0.15) is 11.8 Å². The Morgan fingerprint density at radius 1 is 1.29 bits per heavy atom. The molecule has 8 heteroatoms. The van der Waals surface area contributed by atoms with Crippen LogP contribution >= 0.6 is 0 Å². The fourth-order valence-corrected chi connectivity index (χ4v) is 2.60. The zero-order chi connectivity index (χ0) is 13.6. The molecule has 0 saturated carbocycles. The highest BCUT2D eigenvalue weighted by atomic mass is 32.2. The van der Waals surface area contributed by atoms with Crippen LogP contribution in [-0.4, -0.2) is 54.6 Å². The van der Waals surface area contributed by atoms with Crippen molar-refractivity contribution in [2.75, 3.05) is 18.8 Å². The van der Waals surface area contributed by atoms with Gasteiger partial charge in [0.05, 0.1) is 0 Å². The standard InChI is InChI=1S/C9H18N2O5S/c1-4-11(5-2)17(15,16)6-8(12)10-7(3)9(13)14/h7H,4-6H2,1-3H3,(H,10,12)(H,13,14)/t7-/m1/s1. The first-order valence-electron chi connectivity index (χ1n) is 5.24. The SMILES string of the molecule is CCN(CC)S(=O)(=O)CC(=O)N[C@H](C)C(=O)O. The number of carbonyl (C=O) groups is 2. The molecule has 0 saturated heterocycles. The molecule has 1 atom stereocenters. The van der Waals surface area contributed by atoms with Gasteiger partial charge in [0.25, 0.3) is 0 Å². The Hall–Kier alpha value is -1.15. The summed E-state index contributed by atoms with van der Waals surface area (Å²) in [5.74, 6) is -2.75. The molecule has 0 spiro atoms. The van der Waals surface area contributed by atoms with E-state index in [1.165, 1.54) is 6.92 Å². The van der Waals surface area contributed by atoms with Crippen LogP contribution in [0, 0.1) is 0 Å². The monoisotopic (exact) mass is 266 g/mol. The van der Waals surface area contributed by atoms with Crippen LogP contribution in [0.25, 0.3) is 0 Å². The lowest BCUT2D eigenvalue weighted by molar-refractivity contribution is -0.140. The fraction of sp³-hybridized carbons (Fsp3) is 0.778. The van der Waals surface area contributed by atoms with E-state index in [4.69, 9.17) is 5.11 Å². The lowest BCUT2D eigenvalue weighted by Crippen LogP contribution is -2.44. The van der Waals surface area contributed by atoms with E-state index in [0.717, 1.165) is 4.31 Å². The molecule has 0 bridgehead atoms. The van der Waals surface area contributed by atoms with E-state index < -0.39 is 33.7 Å². The predicted molar refractivity (Wildman–Crippen MR) is 61.9 cm³/mol. The highest BCUT2D eigenvalue weighted by Gasteiger charge is 2.24. The molecule has 17 heavy (non-hydrogen) atoms. The predicted octanol–water partition coefficient (Wildman–Crippen LogP) is -0.753. The van der Waals surface area contributed by atoms with Gasteiger partial charge < -0.3 is 10.4 Å². The summed E-state index contributed by atoms with van der Waals surface area (Å²) in [6.45, 7) is 5.16. The average molecular weight is 266 g/mol. The van der Waals surface area contributed by atoms with Crippen LogP contribution in [0.5, 0.6) is 0 Å². The van der Waals surface area contributed by atoms with E-state index in [0.29, 0.717) is 0 Å². The number of amides is 1. The van der Waals surface area contributed by atoms with Gasteiger partial charge in [-0.2, -0.15) is 0 Å². The van der Waals surface area contributed by atoms with Gasteiger partial charge in [-0.3, -0.25) is 9.59 Å². The van der Waals surface area contributed by atoms with Crippen molar-refractivity contribution in [3.05, 3.63) is 0 Å². The molecule has 0 fully saturated rings. The molecule has 100 valence electrons. The summed E-state index contributed by atoms with van der Waals surface area (Å²) in [4.78, 5) is 21.8. The molecule has 0 rings (SSSR count). The van der Waals surface area contributed by atoms with Crippen LogP contribution in [-0.2, 0) is 19.6 Å². The Kier molecular flexibility index (Phi) is 6.11. The summed E-state index contributed by atoms with van der Waals surface area (Å²) in [7, 11) is -3.66. The largest absolute Gasteiger partial charge is 0.480 e. The summed E-state index contributed by atoms with van der Waals surface area (Å²) in [5, 5.41) is 10.7. The molecular weight excluding hydrogens is 248 g/mol. The minimum Gasteiger partial charge on any atom is -0.480 e. The zero-order valence-electron chi connectivity index (χ0n) is 10.1. The van der Waals surface area contributed by atoms with E-state index in [1.54, 1.807) is 13.8 Å². The third-order valence-electron chi connectivity index (χ3n) is 2.16. The van der Waals surface area contributed by atoms with Crippen molar-refractivity contribution in [2.45, 2.75) is 26.8 Å². The Balaban J connectivity index is 4.53. The van der Waals surface area contributed by atoms with E-state index >= 15 is 0 Å². The maximum atomic E-state index is 11.7. The van der Waals surface area contributed by atoms with Gasteiger partial charge in [-0.25, -0.2) is 12.7 Å². The van der Waals surface area contributed by atoms with Crippen molar-refractivity contribution in [3.63, 3.8) is 0 Å². The second-order valence-corrected chi connectivity index (χ2v) is 5.44. The van der Waals surface area contributed by atoms with Crippen molar-refractivity contribution in [3.8, 4) is 0 Å². The van der Waals surface area contributed by atoms with Crippen molar-refractivity contribution in [1.29, 1.82) is 0 Å². The number of carboxylic acid groups (broad SMARTS) is 1. The maximum Gasteiger partial charge on any atom is 0.325 e. The number of nitrogens with zero attached hydrogens (tertiary/aromatic N) is 1. The van der Waals surface area contributed by atoms with Gasteiger partial charge >= 0.3 is 5.97 Å². The summed E-state index contributed by atoms with van der Waals surface area (Å²) in [6, 6.07) is -1.10.